The fourth-order valence-corrected chi connectivity index (χ4v) is 3.36. The Labute approximate surface area is 146 Å². The van der Waals surface area contributed by atoms with Crippen molar-refractivity contribution in [2.75, 3.05) is 0 Å². The topological polar surface area (TPSA) is 59.1 Å². The number of amides is 1. The number of rotatable bonds is 6. The number of thioether (sulfide) groups is 1. The second-order valence-electron chi connectivity index (χ2n) is 5.94. The van der Waals surface area contributed by atoms with Gasteiger partial charge < -0.3 is 5.32 Å². The van der Waals surface area contributed by atoms with Crippen molar-refractivity contribution in [2.24, 2.45) is 0 Å². The van der Waals surface area contributed by atoms with E-state index in [1.807, 2.05) is 18.3 Å². The van der Waals surface area contributed by atoms with E-state index >= 15 is 0 Å². The maximum Gasteiger partial charge on any atom is 0.287 e. The molecule has 2 aromatic rings. The van der Waals surface area contributed by atoms with Crippen LogP contribution in [0.5, 0.6) is 0 Å². The van der Waals surface area contributed by atoms with Crippen LogP contribution in [0.2, 0.25) is 0 Å². The number of pyridine rings is 1. The number of nitrogens with zero attached hydrogens (tertiary/aromatic N) is 1. The number of aromatic nitrogens is 1. The first kappa shape index (κ1) is 16.7. The van der Waals surface area contributed by atoms with Gasteiger partial charge in [0.2, 0.25) is 5.12 Å². The molecule has 0 aliphatic carbocycles. The zero-order valence-electron chi connectivity index (χ0n) is 13.6. The number of hydrogen-bond acceptors (Lipinski definition) is 4. The predicted molar refractivity (Wildman–Crippen MR) is 96.1 cm³/mol. The minimum Gasteiger partial charge on any atom is -0.335 e. The summed E-state index contributed by atoms with van der Waals surface area (Å²) in [5.74, 6) is 0. The smallest absolute Gasteiger partial charge is 0.287 e. The zero-order valence-corrected chi connectivity index (χ0v) is 14.4. The van der Waals surface area contributed by atoms with Gasteiger partial charge >= 0.3 is 0 Å². The Morgan fingerprint density at radius 2 is 1.71 bits per heavy atom. The van der Waals surface area contributed by atoms with Crippen LogP contribution in [-0.2, 0) is 30.5 Å². The van der Waals surface area contributed by atoms with E-state index in [0.717, 1.165) is 42.3 Å². The Bertz CT molecular complexity index is 726. The number of hydrogen-bond donors (Lipinski definition) is 1. The van der Waals surface area contributed by atoms with E-state index in [4.69, 9.17) is 0 Å². The molecule has 24 heavy (non-hydrogen) atoms. The molecule has 1 aliphatic heterocycles. The fourth-order valence-electron chi connectivity index (χ4n) is 2.69. The van der Waals surface area contributed by atoms with Gasteiger partial charge in [-0.3, -0.25) is 14.6 Å². The van der Waals surface area contributed by atoms with Crippen molar-refractivity contribution in [1.29, 1.82) is 0 Å². The third-order valence-corrected chi connectivity index (χ3v) is 4.99. The van der Waals surface area contributed by atoms with Crippen molar-refractivity contribution >= 4 is 22.1 Å². The minimum absolute atomic E-state index is 0.0920. The maximum atomic E-state index is 11.6. The molecule has 1 aromatic carbocycles. The Morgan fingerprint density at radius 3 is 2.29 bits per heavy atom. The van der Waals surface area contributed by atoms with E-state index in [-0.39, 0.29) is 10.4 Å². The Morgan fingerprint density at radius 1 is 1.00 bits per heavy atom. The van der Waals surface area contributed by atoms with Gasteiger partial charge in [-0.2, -0.15) is 0 Å². The van der Waals surface area contributed by atoms with Crippen LogP contribution in [0.25, 0.3) is 0 Å². The summed E-state index contributed by atoms with van der Waals surface area (Å²) < 4.78 is 0. The molecule has 1 amide bonds. The van der Waals surface area contributed by atoms with E-state index in [1.54, 1.807) is 0 Å². The number of carbonyl (C=O) groups excluding carboxylic acids is 2. The van der Waals surface area contributed by atoms with Crippen molar-refractivity contribution in [1.82, 2.24) is 10.3 Å². The molecule has 1 atom stereocenters. The number of nitrogens with one attached hydrogen (secondary N) is 1. The second-order valence-corrected chi connectivity index (χ2v) is 6.91. The summed E-state index contributed by atoms with van der Waals surface area (Å²) in [6, 6.07) is 12.1. The SMILES string of the molecule is CCc1ccc(CCc2ccc(CC3NC(=O)SC3=O)cc2)nc1. The van der Waals surface area contributed by atoms with Crippen LogP contribution in [0.4, 0.5) is 4.79 Å². The highest BCUT2D eigenvalue weighted by molar-refractivity contribution is 8.26. The summed E-state index contributed by atoms with van der Waals surface area (Å²) in [5.41, 5.74) is 4.67. The summed E-state index contributed by atoms with van der Waals surface area (Å²) in [7, 11) is 0. The van der Waals surface area contributed by atoms with Crippen LogP contribution < -0.4 is 5.32 Å². The summed E-state index contributed by atoms with van der Waals surface area (Å²) in [6.07, 6.45) is 5.36. The highest BCUT2D eigenvalue weighted by Crippen LogP contribution is 2.19. The highest BCUT2D eigenvalue weighted by Gasteiger charge is 2.31. The Hall–Kier alpha value is -2.14. The molecule has 0 saturated carbocycles. The van der Waals surface area contributed by atoms with Gasteiger partial charge in [-0.1, -0.05) is 37.3 Å². The average Bonchev–Trinajstić information content (AvgIpc) is 2.92. The van der Waals surface area contributed by atoms with E-state index in [9.17, 15) is 9.59 Å². The van der Waals surface area contributed by atoms with E-state index in [0.29, 0.717) is 6.42 Å². The average molecular weight is 340 g/mol. The quantitative estimate of drug-likeness (QED) is 0.876. The van der Waals surface area contributed by atoms with Crippen molar-refractivity contribution in [3.8, 4) is 0 Å². The molecular formula is C19H20N2O2S. The second kappa shape index (κ2) is 7.62. The molecule has 124 valence electrons. The lowest BCUT2D eigenvalue weighted by molar-refractivity contribution is -0.112. The Kier molecular flexibility index (Phi) is 5.30. The molecule has 1 N–H and O–H groups in total. The molecule has 0 radical (unpaired) electrons. The lowest BCUT2D eigenvalue weighted by Gasteiger charge is -2.08. The molecule has 1 saturated heterocycles. The first-order valence-electron chi connectivity index (χ1n) is 8.18. The molecule has 3 rings (SSSR count). The molecular weight excluding hydrogens is 320 g/mol. The van der Waals surface area contributed by atoms with Crippen LogP contribution in [0.15, 0.2) is 42.6 Å². The normalized spacial score (nSPS) is 17.1. The van der Waals surface area contributed by atoms with Crippen molar-refractivity contribution in [3.63, 3.8) is 0 Å². The monoisotopic (exact) mass is 340 g/mol. The van der Waals surface area contributed by atoms with Gasteiger partial charge in [-0.05, 0) is 42.0 Å². The standard InChI is InChI=1S/C19H20N2O2S/c1-2-13-7-9-16(20-12-13)10-8-14-3-5-15(6-4-14)11-17-18(22)24-19(23)21-17/h3-7,9,12,17H,2,8,10-11H2,1H3,(H,21,23). The van der Waals surface area contributed by atoms with Gasteiger partial charge in [0, 0.05) is 30.1 Å². The molecule has 1 fully saturated rings. The van der Waals surface area contributed by atoms with Gasteiger partial charge in [0.1, 0.15) is 6.04 Å². The van der Waals surface area contributed by atoms with Crippen LogP contribution in [0.1, 0.15) is 29.3 Å². The third-order valence-electron chi connectivity index (χ3n) is 4.20. The van der Waals surface area contributed by atoms with Crippen LogP contribution in [-0.4, -0.2) is 21.4 Å². The van der Waals surface area contributed by atoms with Gasteiger partial charge in [0.15, 0.2) is 0 Å². The van der Waals surface area contributed by atoms with Crippen LogP contribution in [0.3, 0.4) is 0 Å². The summed E-state index contributed by atoms with van der Waals surface area (Å²) >= 11 is 0.763. The Balaban J connectivity index is 1.54. The molecule has 0 bridgehead atoms. The zero-order chi connectivity index (χ0) is 16.9. The first-order valence-corrected chi connectivity index (χ1v) is 8.99. The third kappa shape index (κ3) is 4.23. The molecule has 1 aliphatic rings. The van der Waals surface area contributed by atoms with Crippen LogP contribution in [0, 0.1) is 0 Å². The van der Waals surface area contributed by atoms with Gasteiger partial charge in [0.05, 0.1) is 0 Å². The van der Waals surface area contributed by atoms with Crippen molar-refractivity contribution in [2.45, 2.75) is 38.6 Å². The highest BCUT2D eigenvalue weighted by atomic mass is 32.2. The van der Waals surface area contributed by atoms with Crippen molar-refractivity contribution < 1.29 is 9.59 Å². The fraction of sp³-hybridized carbons (Fsp3) is 0.316. The molecule has 4 nitrogen and oxygen atoms in total. The predicted octanol–water partition coefficient (Wildman–Crippen LogP) is 3.32. The number of benzene rings is 1. The van der Waals surface area contributed by atoms with Crippen LogP contribution >= 0.6 is 11.8 Å². The molecule has 5 heteroatoms. The minimum atomic E-state index is -0.394. The molecule has 1 aromatic heterocycles. The molecule has 1 unspecified atom stereocenters. The first-order chi connectivity index (χ1) is 11.6. The summed E-state index contributed by atoms with van der Waals surface area (Å²) in [6.45, 7) is 2.13. The lowest BCUT2D eigenvalue weighted by atomic mass is 10.0. The summed E-state index contributed by atoms with van der Waals surface area (Å²) in [5, 5.41) is 2.35. The molecule has 2 heterocycles. The van der Waals surface area contributed by atoms with E-state index < -0.39 is 6.04 Å². The number of aryl methyl sites for hydroxylation is 3. The lowest BCUT2D eigenvalue weighted by Crippen LogP contribution is -2.30. The maximum absolute atomic E-state index is 11.6. The van der Waals surface area contributed by atoms with E-state index in [2.05, 4.69) is 41.5 Å². The van der Waals surface area contributed by atoms with Gasteiger partial charge in [-0.15, -0.1) is 0 Å². The largest absolute Gasteiger partial charge is 0.335 e. The van der Waals surface area contributed by atoms with Gasteiger partial charge in [-0.25, -0.2) is 0 Å². The summed E-state index contributed by atoms with van der Waals surface area (Å²) in [4.78, 5) is 27.3. The van der Waals surface area contributed by atoms with E-state index in [1.165, 1.54) is 11.1 Å². The van der Waals surface area contributed by atoms with Crippen molar-refractivity contribution in [3.05, 3.63) is 65.0 Å². The van der Waals surface area contributed by atoms with Gasteiger partial charge in [0.25, 0.3) is 5.24 Å². The molecule has 0 spiro atoms. The number of carbonyl (C=O) groups is 2.